The molecule has 1 amide bonds. The second-order valence-electron chi connectivity index (χ2n) is 5.17. The van der Waals surface area contributed by atoms with Gasteiger partial charge in [0.1, 0.15) is 0 Å². The summed E-state index contributed by atoms with van der Waals surface area (Å²) < 4.78 is 0. The summed E-state index contributed by atoms with van der Waals surface area (Å²) in [7, 11) is 0. The van der Waals surface area contributed by atoms with Gasteiger partial charge in [-0.05, 0) is 35.6 Å². The zero-order chi connectivity index (χ0) is 15.2. The number of amides is 1. The lowest BCUT2D eigenvalue weighted by atomic mass is 9.92. The minimum absolute atomic E-state index is 0.0624. The molecule has 2 rings (SSSR count). The van der Waals surface area contributed by atoms with Crippen LogP contribution in [0.15, 0.2) is 41.8 Å². The lowest BCUT2D eigenvalue weighted by Crippen LogP contribution is -2.32. The molecule has 0 spiro atoms. The fourth-order valence-electron chi connectivity index (χ4n) is 2.55. The fourth-order valence-corrected chi connectivity index (χ4v) is 3.42. The lowest BCUT2D eigenvalue weighted by Gasteiger charge is -2.25. The highest BCUT2D eigenvalue weighted by atomic mass is 32.1. The number of hydrogen-bond acceptors (Lipinski definition) is 3. The Morgan fingerprint density at radius 3 is 2.57 bits per heavy atom. The maximum Gasteiger partial charge on any atom is 0.251 e. The molecule has 1 aromatic heterocycles. The maximum atomic E-state index is 12.5. The third-order valence-electron chi connectivity index (χ3n) is 3.81. The van der Waals surface area contributed by atoms with E-state index in [1.807, 2.05) is 12.1 Å². The number of nitrogen functional groups attached to an aromatic ring is 1. The summed E-state index contributed by atoms with van der Waals surface area (Å²) in [5.74, 6) is 0.376. The molecule has 0 saturated heterocycles. The second kappa shape index (κ2) is 7.27. The lowest BCUT2D eigenvalue weighted by molar-refractivity contribution is 0.0920. The van der Waals surface area contributed by atoms with Crippen molar-refractivity contribution in [3.05, 3.63) is 52.2 Å². The van der Waals surface area contributed by atoms with E-state index in [4.69, 9.17) is 5.73 Å². The van der Waals surface area contributed by atoms with Gasteiger partial charge in [-0.25, -0.2) is 0 Å². The van der Waals surface area contributed by atoms with Gasteiger partial charge in [-0.2, -0.15) is 0 Å². The van der Waals surface area contributed by atoms with E-state index in [9.17, 15) is 4.79 Å². The molecule has 0 aliphatic rings. The second-order valence-corrected chi connectivity index (χ2v) is 6.15. The average Bonchev–Trinajstić information content (AvgIpc) is 3.01. The predicted octanol–water partition coefficient (Wildman–Crippen LogP) is 4.24. The maximum absolute atomic E-state index is 12.5. The number of benzene rings is 1. The number of carbonyl (C=O) groups excluding carboxylic acids is 1. The Balaban J connectivity index is 2.21. The minimum atomic E-state index is -0.0624. The van der Waals surface area contributed by atoms with E-state index in [1.165, 1.54) is 4.88 Å². The van der Waals surface area contributed by atoms with Crippen molar-refractivity contribution < 1.29 is 4.79 Å². The first-order valence-corrected chi connectivity index (χ1v) is 8.23. The van der Waals surface area contributed by atoms with Gasteiger partial charge in [-0.15, -0.1) is 11.3 Å². The first kappa shape index (κ1) is 15.6. The molecule has 1 atom stereocenters. The number of hydrogen-bond donors (Lipinski definition) is 2. The van der Waals surface area contributed by atoms with Crippen LogP contribution in [0, 0.1) is 5.92 Å². The average molecular weight is 302 g/mol. The third-order valence-corrected chi connectivity index (χ3v) is 4.76. The van der Waals surface area contributed by atoms with E-state index in [-0.39, 0.29) is 11.9 Å². The highest BCUT2D eigenvalue weighted by molar-refractivity contribution is 7.10. The van der Waals surface area contributed by atoms with Crippen LogP contribution < -0.4 is 11.1 Å². The van der Waals surface area contributed by atoms with Crippen molar-refractivity contribution >= 4 is 22.9 Å². The van der Waals surface area contributed by atoms with E-state index in [0.29, 0.717) is 17.2 Å². The molecule has 1 aromatic carbocycles. The van der Waals surface area contributed by atoms with Crippen molar-refractivity contribution in [2.24, 2.45) is 5.92 Å². The molecular weight excluding hydrogens is 280 g/mol. The van der Waals surface area contributed by atoms with Crippen LogP contribution in [0.3, 0.4) is 0 Å². The molecule has 0 radical (unpaired) electrons. The highest BCUT2D eigenvalue weighted by Crippen LogP contribution is 2.30. The molecular formula is C17H22N2OS. The molecule has 4 heteroatoms. The fraction of sp³-hybridized carbons (Fsp3) is 0.353. The van der Waals surface area contributed by atoms with Crippen molar-refractivity contribution in [3.8, 4) is 0 Å². The van der Waals surface area contributed by atoms with Crippen LogP contribution in [0.2, 0.25) is 0 Å². The number of nitrogens with one attached hydrogen (secondary N) is 1. The summed E-state index contributed by atoms with van der Waals surface area (Å²) in [6.07, 6.45) is 2.08. The van der Waals surface area contributed by atoms with Crippen molar-refractivity contribution in [1.29, 1.82) is 0 Å². The van der Waals surface area contributed by atoms with Gasteiger partial charge in [-0.1, -0.05) is 38.8 Å². The third kappa shape index (κ3) is 3.85. The van der Waals surface area contributed by atoms with Crippen LogP contribution in [0.1, 0.15) is 48.0 Å². The highest BCUT2D eigenvalue weighted by Gasteiger charge is 2.23. The van der Waals surface area contributed by atoms with E-state index in [1.54, 1.807) is 29.5 Å². The van der Waals surface area contributed by atoms with Crippen LogP contribution in [0.4, 0.5) is 5.69 Å². The van der Waals surface area contributed by atoms with Gasteiger partial charge in [-0.3, -0.25) is 4.79 Å². The Morgan fingerprint density at radius 1 is 1.24 bits per heavy atom. The molecule has 1 heterocycles. The molecule has 112 valence electrons. The van der Waals surface area contributed by atoms with Crippen molar-refractivity contribution in [2.75, 3.05) is 5.73 Å². The molecule has 21 heavy (non-hydrogen) atoms. The molecule has 3 nitrogen and oxygen atoms in total. The first-order chi connectivity index (χ1) is 10.2. The Morgan fingerprint density at radius 2 is 2.00 bits per heavy atom. The van der Waals surface area contributed by atoms with Gasteiger partial charge in [0.05, 0.1) is 6.04 Å². The number of anilines is 1. The number of nitrogens with two attached hydrogens (primary N) is 1. The Kier molecular flexibility index (Phi) is 5.39. The van der Waals surface area contributed by atoms with Crippen LogP contribution in [0.5, 0.6) is 0 Å². The number of rotatable bonds is 6. The van der Waals surface area contributed by atoms with Gasteiger partial charge in [0, 0.05) is 16.1 Å². The first-order valence-electron chi connectivity index (χ1n) is 7.35. The molecule has 2 aromatic rings. The summed E-state index contributed by atoms with van der Waals surface area (Å²) >= 11 is 1.69. The monoisotopic (exact) mass is 302 g/mol. The molecule has 0 aliphatic heterocycles. The normalized spacial score (nSPS) is 12.3. The summed E-state index contributed by atoms with van der Waals surface area (Å²) in [4.78, 5) is 13.7. The summed E-state index contributed by atoms with van der Waals surface area (Å²) in [6.45, 7) is 4.34. The Bertz CT molecular complexity index is 576. The molecule has 0 saturated carbocycles. The predicted molar refractivity (Wildman–Crippen MR) is 89.5 cm³/mol. The SMILES string of the molecule is CCC(CC)C(NC(=O)c1cccc(N)c1)c1cccs1. The Labute approximate surface area is 130 Å². The van der Waals surface area contributed by atoms with Gasteiger partial charge in [0.25, 0.3) is 5.91 Å². The van der Waals surface area contributed by atoms with Crippen LogP contribution >= 0.6 is 11.3 Å². The van der Waals surface area contributed by atoms with Crippen LogP contribution in [0.25, 0.3) is 0 Å². The van der Waals surface area contributed by atoms with Gasteiger partial charge in [0.15, 0.2) is 0 Å². The van der Waals surface area contributed by atoms with Crippen molar-refractivity contribution in [1.82, 2.24) is 5.32 Å². The summed E-state index contributed by atoms with van der Waals surface area (Å²) in [5, 5.41) is 5.23. The molecule has 3 N–H and O–H groups in total. The molecule has 0 bridgehead atoms. The quantitative estimate of drug-likeness (QED) is 0.784. The van der Waals surface area contributed by atoms with Crippen molar-refractivity contribution in [2.45, 2.75) is 32.7 Å². The molecule has 0 aliphatic carbocycles. The molecule has 1 unspecified atom stereocenters. The van der Waals surface area contributed by atoms with E-state index in [0.717, 1.165) is 12.8 Å². The number of thiophene rings is 1. The Hall–Kier alpha value is -1.81. The number of carbonyl (C=O) groups is 1. The molecule has 0 fully saturated rings. The van der Waals surface area contributed by atoms with Crippen LogP contribution in [-0.2, 0) is 0 Å². The van der Waals surface area contributed by atoms with Crippen LogP contribution in [-0.4, -0.2) is 5.91 Å². The van der Waals surface area contributed by atoms with Gasteiger partial charge < -0.3 is 11.1 Å². The summed E-state index contributed by atoms with van der Waals surface area (Å²) in [6, 6.07) is 11.3. The van der Waals surface area contributed by atoms with E-state index < -0.39 is 0 Å². The smallest absolute Gasteiger partial charge is 0.251 e. The topological polar surface area (TPSA) is 55.1 Å². The van der Waals surface area contributed by atoms with Crippen molar-refractivity contribution in [3.63, 3.8) is 0 Å². The summed E-state index contributed by atoms with van der Waals surface area (Å²) in [5.41, 5.74) is 6.98. The van der Waals surface area contributed by atoms with Gasteiger partial charge in [0.2, 0.25) is 0 Å². The zero-order valence-electron chi connectivity index (χ0n) is 12.5. The van der Waals surface area contributed by atoms with Gasteiger partial charge >= 0.3 is 0 Å². The minimum Gasteiger partial charge on any atom is -0.399 e. The van der Waals surface area contributed by atoms with E-state index >= 15 is 0 Å². The standard InChI is InChI=1S/C17H22N2OS/c1-3-12(4-2)16(15-9-6-10-21-15)19-17(20)13-7-5-8-14(18)11-13/h5-12,16H,3-4,18H2,1-2H3,(H,19,20). The zero-order valence-corrected chi connectivity index (χ0v) is 13.3. The van der Waals surface area contributed by atoms with E-state index in [2.05, 4.69) is 30.6 Å². The largest absolute Gasteiger partial charge is 0.399 e.